The van der Waals surface area contributed by atoms with E-state index in [9.17, 15) is 9.90 Å². The van der Waals surface area contributed by atoms with Crippen molar-refractivity contribution in [1.82, 2.24) is 5.32 Å². The number of hydrogen-bond acceptors (Lipinski definition) is 5. The SMILES string of the molecule is CC(Cc1ccc2c(c1)OC(C(=O)O)CO2)NCC(O)c1cccc(Cl)c1. The Morgan fingerprint density at radius 1 is 1.30 bits per heavy atom. The molecule has 1 aliphatic rings. The Morgan fingerprint density at radius 2 is 2.11 bits per heavy atom. The molecule has 144 valence electrons. The Hall–Kier alpha value is -2.28. The lowest BCUT2D eigenvalue weighted by Gasteiger charge is -2.24. The number of aliphatic hydroxyl groups is 1. The number of rotatable bonds is 7. The van der Waals surface area contributed by atoms with Crippen LogP contribution in [0.5, 0.6) is 11.5 Å². The first-order chi connectivity index (χ1) is 12.9. The first kappa shape index (κ1) is 19.5. The number of carboxylic acids is 1. The van der Waals surface area contributed by atoms with Crippen molar-refractivity contribution in [3.63, 3.8) is 0 Å². The Balaban J connectivity index is 1.56. The third-order valence-electron chi connectivity index (χ3n) is 4.38. The van der Waals surface area contributed by atoms with Crippen LogP contribution in [0.3, 0.4) is 0 Å². The van der Waals surface area contributed by atoms with Crippen molar-refractivity contribution in [2.75, 3.05) is 13.2 Å². The van der Waals surface area contributed by atoms with Gasteiger partial charge in [-0.15, -0.1) is 0 Å². The van der Waals surface area contributed by atoms with Crippen LogP contribution in [0.25, 0.3) is 0 Å². The van der Waals surface area contributed by atoms with Crippen LogP contribution in [-0.2, 0) is 11.2 Å². The molecule has 0 bridgehead atoms. The molecule has 2 aromatic rings. The number of benzene rings is 2. The normalized spacial score (nSPS) is 18.0. The van der Waals surface area contributed by atoms with E-state index in [1.165, 1.54) is 0 Å². The Morgan fingerprint density at radius 3 is 2.85 bits per heavy atom. The monoisotopic (exact) mass is 391 g/mol. The van der Waals surface area contributed by atoms with Gasteiger partial charge in [0.25, 0.3) is 0 Å². The van der Waals surface area contributed by atoms with Crippen LogP contribution < -0.4 is 14.8 Å². The highest BCUT2D eigenvalue weighted by Gasteiger charge is 2.27. The van der Waals surface area contributed by atoms with Gasteiger partial charge >= 0.3 is 5.97 Å². The van der Waals surface area contributed by atoms with Crippen LogP contribution in [0.2, 0.25) is 5.02 Å². The average Bonchev–Trinajstić information content (AvgIpc) is 2.65. The standard InChI is InChI=1S/C20H22ClNO5/c1-12(22-10-16(23)14-3-2-4-15(21)9-14)7-13-5-6-17-18(8-13)27-19(11-26-17)20(24)25/h2-6,8-9,12,16,19,22-23H,7,10-11H2,1H3,(H,24,25). The lowest BCUT2D eigenvalue weighted by atomic mass is 10.0. The first-order valence-electron chi connectivity index (χ1n) is 8.74. The number of fused-ring (bicyclic) bond motifs is 1. The van der Waals surface area contributed by atoms with Gasteiger partial charge in [0.05, 0.1) is 6.10 Å². The Bertz CT molecular complexity index is 813. The van der Waals surface area contributed by atoms with Gasteiger partial charge in [-0.05, 0) is 48.7 Å². The minimum atomic E-state index is -1.05. The second kappa shape index (κ2) is 8.61. The molecule has 0 aromatic heterocycles. The van der Waals surface area contributed by atoms with Gasteiger partial charge in [0.15, 0.2) is 11.5 Å². The third-order valence-corrected chi connectivity index (χ3v) is 4.61. The minimum Gasteiger partial charge on any atom is -0.485 e. The molecule has 0 fully saturated rings. The molecule has 3 N–H and O–H groups in total. The maximum Gasteiger partial charge on any atom is 0.348 e. The highest BCUT2D eigenvalue weighted by Crippen LogP contribution is 2.33. The van der Waals surface area contributed by atoms with Crippen LogP contribution in [0.1, 0.15) is 24.2 Å². The summed E-state index contributed by atoms with van der Waals surface area (Å²) in [6.07, 6.45) is -0.949. The molecule has 3 unspecified atom stereocenters. The van der Waals surface area contributed by atoms with Gasteiger partial charge < -0.3 is 25.0 Å². The van der Waals surface area contributed by atoms with Gasteiger partial charge in [-0.2, -0.15) is 0 Å². The molecule has 0 radical (unpaired) electrons. The number of hydrogen-bond donors (Lipinski definition) is 3. The van der Waals surface area contributed by atoms with Crippen molar-refractivity contribution < 1.29 is 24.5 Å². The fraction of sp³-hybridized carbons (Fsp3) is 0.350. The maximum atomic E-state index is 11.1. The number of ether oxygens (including phenoxy) is 2. The molecule has 1 aliphatic heterocycles. The van der Waals surface area contributed by atoms with Gasteiger partial charge in [0, 0.05) is 17.6 Å². The molecule has 3 atom stereocenters. The smallest absolute Gasteiger partial charge is 0.348 e. The fourth-order valence-corrected chi connectivity index (χ4v) is 3.13. The highest BCUT2D eigenvalue weighted by molar-refractivity contribution is 6.30. The summed E-state index contributed by atoms with van der Waals surface area (Å²) in [6.45, 7) is 2.41. The summed E-state index contributed by atoms with van der Waals surface area (Å²) in [5, 5.41) is 23.2. The lowest BCUT2D eigenvalue weighted by molar-refractivity contribution is -0.147. The molecule has 0 spiro atoms. The van der Waals surface area contributed by atoms with E-state index in [0.29, 0.717) is 29.5 Å². The molecule has 1 heterocycles. The van der Waals surface area contributed by atoms with Crippen molar-refractivity contribution >= 4 is 17.6 Å². The second-order valence-electron chi connectivity index (χ2n) is 6.62. The number of aliphatic hydroxyl groups excluding tert-OH is 1. The molecule has 27 heavy (non-hydrogen) atoms. The van der Waals surface area contributed by atoms with Gasteiger partial charge in [0.1, 0.15) is 6.61 Å². The maximum absolute atomic E-state index is 11.1. The van der Waals surface area contributed by atoms with E-state index in [1.807, 2.05) is 25.1 Å². The fourth-order valence-electron chi connectivity index (χ4n) is 2.94. The molecule has 2 aromatic carbocycles. The summed E-state index contributed by atoms with van der Waals surface area (Å²) in [7, 11) is 0. The summed E-state index contributed by atoms with van der Waals surface area (Å²) in [5.74, 6) is -0.0540. The van der Waals surface area contributed by atoms with Gasteiger partial charge in [0.2, 0.25) is 6.10 Å². The zero-order valence-corrected chi connectivity index (χ0v) is 15.6. The van der Waals surface area contributed by atoms with Crippen molar-refractivity contribution in [3.05, 3.63) is 58.6 Å². The Kier molecular flexibility index (Phi) is 6.21. The van der Waals surface area contributed by atoms with E-state index in [2.05, 4.69) is 5.32 Å². The van der Waals surface area contributed by atoms with Crippen LogP contribution in [0.15, 0.2) is 42.5 Å². The molecule has 0 aliphatic carbocycles. The molecule has 0 amide bonds. The van der Waals surface area contributed by atoms with Crippen molar-refractivity contribution in [2.45, 2.75) is 31.6 Å². The average molecular weight is 392 g/mol. The predicted molar refractivity (Wildman–Crippen MR) is 102 cm³/mol. The van der Waals surface area contributed by atoms with E-state index in [-0.39, 0.29) is 12.6 Å². The summed E-state index contributed by atoms with van der Waals surface area (Å²) in [4.78, 5) is 11.1. The molecule has 3 rings (SSSR count). The van der Waals surface area contributed by atoms with Crippen molar-refractivity contribution in [2.24, 2.45) is 0 Å². The van der Waals surface area contributed by atoms with E-state index in [4.69, 9.17) is 26.2 Å². The number of halogens is 1. The number of carbonyl (C=O) groups is 1. The third kappa shape index (κ3) is 5.13. The largest absolute Gasteiger partial charge is 0.485 e. The van der Waals surface area contributed by atoms with Crippen LogP contribution in [0, 0.1) is 0 Å². The molecule has 0 saturated carbocycles. The van der Waals surface area contributed by atoms with Crippen LogP contribution in [0.4, 0.5) is 0 Å². The molecular weight excluding hydrogens is 370 g/mol. The van der Waals surface area contributed by atoms with Gasteiger partial charge in [-0.1, -0.05) is 29.8 Å². The summed E-state index contributed by atoms with van der Waals surface area (Å²) < 4.78 is 10.9. The first-order valence-corrected chi connectivity index (χ1v) is 9.12. The van der Waals surface area contributed by atoms with Gasteiger partial charge in [-0.25, -0.2) is 4.79 Å². The zero-order valence-electron chi connectivity index (χ0n) is 14.9. The summed E-state index contributed by atoms with van der Waals surface area (Å²) in [5.41, 5.74) is 1.75. The van der Waals surface area contributed by atoms with E-state index in [1.54, 1.807) is 24.3 Å². The van der Waals surface area contributed by atoms with E-state index < -0.39 is 18.2 Å². The van der Waals surface area contributed by atoms with Crippen molar-refractivity contribution in [1.29, 1.82) is 0 Å². The summed E-state index contributed by atoms with van der Waals surface area (Å²) in [6, 6.07) is 12.8. The van der Waals surface area contributed by atoms with Crippen LogP contribution >= 0.6 is 11.6 Å². The summed E-state index contributed by atoms with van der Waals surface area (Å²) >= 11 is 5.96. The molecule has 6 nitrogen and oxygen atoms in total. The van der Waals surface area contributed by atoms with E-state index >= 15 is 0 Å². The van der Waals surface area contributed by atoms with E-state index in [0.717, 1.165) is 11.1 Å². The van der Waals surface area contributed by atoms with Crippen LogP contribution in [-0.4, -0.2) is 41.5 Å². The zero-order chi connectivity index (χ0) is 19.4. The van der Waals surface area contributed by atoms with Gasteiger partial charge in [-0.3, -0.25) is 0 Å². The van der Waals surface area contributed by atoms with Crippen molar-refractivity contribution in [3.8, 4) is 11.5 Å². The molecular formula is C20H22ClNO5. The number of aliphatic carboxylic acids is 1. The highest BCUT2D eigenvalue weighted by atomic mass is 35.5. The topological polar surface area (TPSA) is 88.0 Å². The minimum absolute atomic E-state index is 0.00102. The number of carboxylic acid groups (broad SMARTS) is 1. The molecule has 7 heteroatoms. The quantitative estimate of drug-likeness (QED) is 0.672. The molecule has 0 saturated heterocycles. The predicted octanol–water partition coefficient (Wildman–Crippen LogP) is 2.82. The Labute approximate surface area is 162 Å². The second-order valence-corrected chi connectivity index (χ2v) is 7.06. The lowest BCUT2D eigenvalue weighted by Crippen LogP contribution is -2.36. The number of nitrogens with one attached hydrogen (secondary N) is 1.